The molecule has 4 rings (SSSR count). The minimum absolute atomic E-state index is 0. The summed E-state index contributed by atoms with van der Waals surface area (Å²) in [5.41, 5.74) is 8.84. The Hall–Kier alpha value is -2.70. The molecular weight excluding hydrogens is 376 g/mol. The Balaban J connectivity index is 0.00000225. The largest absolute Gasteiger partial charge is 0.334 e. The minimum Gasteiger partial charge on any atom is -0.334 e. The fourth-order valence-corrected chi connectivity index (χ4v) is 3.52. The molecular formula is C21H23ClN4O2. The van der Waals surface area contributed by atoms with Crippen molar-refractivity contribution < 1.29 is 9.32 Å². The zero-order chi connectivity index (χ0) is 18.9. The summed E-state index contributed by atoms with van der Waals surface area (Å²) in [6, 6.07) is 14.8. The fourth-order valence-electron chi connectivity index (χ4n) is 3.52. The molecule has 1 aromatic heterocycles. The van der Waals surface area contributed by atoms with E-state index in [1.54, 1.807) is 6.07 Å². The standard InChI is InChI=1S/C21H22N4O2.ClH/c1-14-7-6-8-15(13-14)18(26)23-17-10-3-2-9-16(17)19-24-20(25-27-19)21(22)11-4-5-12-21;/h2-3,6-10,13H,4-5,11-12,22H2,1H3,(H,23,26);1H. The summed E-state index contributed by atoms with van der Waals surface area (Å²) in [5.74, 6) is 0.716. The van der Waals surface area contributed by atoms with Crippen molar-refractivity contribution in [2.24, 2.45) is 5.73 Å². The number of rotatable bonds is 4. The van der Waals surface area contributed by atoms with Crippen molar-refractivity contribution >= 4 is 24.0 Å². The molecule has 1 amide bonds. The smallest absolute Gasteiger partial charge is 0.260 e. The SMILES string of the molecule is Cc1cccc(C(=O)Nc2ccccc2-c2nc(C3(N)CCCC3)no2)c1.Cl. The van der Waals surface area contributed by atoms with E-state index in [0.29, 0.717) is 28.5 Å². The van der Waals surface area contributed by atoms with Gasteiger partial charge in [0.2, 0.25) is 0 Å². The van der Waals surface area contributed by atoms with E-state index < -0.39 is 5.54 Å². The normalized spacial score (nSPS) is 15.1. The van der Waals surface area contributed by atoms with Gasteiger partial charge in [-0.2, -0.15) is 4.98 Å². The topological polar surface area (TPSA) is 94.0 Å². The quantitative estimate of drug-likeness (QED) is 0.677. The first-order chi connectivity index (χ1) is 13.0. The molecule has 0 radical (unpaired) electrons. The van der Waals surface area contributed by atoms with Crippen molar-refractivity contribution in [3.05, 3.63) is 65.5 Å². The van der Waals surface area contributed by atoms with Crippen LogP contribution in [0.2, 0.25) is 0 Å². The van der Waals surface area contributed by atoms with Gasteiger partial charge in [0.15, 0.2) is 5.82 Å². The third kappa shape index (κ3) is 3.93. The Labute approximate surface area is 169 Å². The van der Waals surface area contributed by atoms with Crippen LogP contribution in [-0.2, 0) is 5.54 Å². The van der Waals surface area contributed by atoms with Gasteiger partial charge in [-0.1, -0.05) is 47.8 Å². The van der Waals surface area contributed by atoms with Gasteiger partial charge in [0.05, 0.1) is 16.8 Å². The molecule has 1 fully saturated rings. The molecule has 1 heterocycles. The van der Waals surface area contributed by atoms with Gasteiger partial charge in [-0.3, -0.25) is 4.79 Å². The van der Waals surface area contributed by atoms with Crippen molar-refractivity contribution in [3.8, 4) is 11.5 Å². The summed E-state index contributed by atoms with van der Waals surface area (Å²) in [6.07, 6.45) is 3.86. The van der Waals surface area contributed by atoms with E-state index in [1.165, 1.54) is 0 Å². The molecule has 7 heteroatoms. The molecule has 0 aliphatic heterocycles. The number of aryl methyl sites for hydroxylation is 1. The maximum Gasteiger partial charge on any atom is 0.260 e. The highest BCUT2D eigenvalue weighted by molar-refractivity contribution is 6.06. The molecule has 0 bridgehead atoms. The Morgan fingerprint density at radius 3 is 2.64 bits per heavy atom. The van der Waals surface area contributed by atoms with Crippen LogP contribution in [0.1, 0.15) is 47.4 Å². The van der Waals surface area contributed by atoms with Gasteiger partial charge in [-0.15, -0.1) is 12.4 Å². The number of aromatic nitrogens is 2. The van der Waals surface area contributed by atoms with Crippen molar-refractivity contribution in [2.45, 2.75) is 38.1 Å². The summed E-state index contributed by atoms with van der Waals surface area (Å²) in [6.45, 7) is 1.95. The molecule has 2 aromatic carbocycles. The third-order valence-corrected chi connectivity index (χ3v) is 5.05. The monoisotopic (exact) mass is 398 g/mol. The van der Waals surface area contributed by atoms with Crippen LogP contribution in [0.4, 0.5) is 5.69 Å². The van der Waals surface area contributed by atoms with Gasteiger partial charge in [0.1, 0.15) is 0 Å². The van der Waals surface area contributed by atoms with Crippen LogP contribution < -0.4 is 11.1 Å². The lowest BCUT2D eigenvalue weighted by Gasteiger charge is -2.17. The van der Waals surface area contributed by atoms with E-state index in [-0.39, 0.29) is 18.3 Å². The van der Waals surface area contributed by atoms with Crippen LogP contribution in [-0.4, -0.2) is 16.0 Å². The average molecular weight is 399 g/mol. The second-order valence-electron chi connectivity index (χ2n) is 7.16. The highest BCUT2D eigenvalue weighted by Gasteiger charge is 2.36. The number of carbonyl (C=O) groups is 1. The van der Waals surface area contributed by atoms with E-state index in [1.807, 2.05) is 49.4 Å². The predicted molar refractivity (Wildman–Crippen MR) is 110 cm³/mol. The molecule has 0 spiro atoms. The van der Waals surface area contributed by atoms with E-state index in [4.69, 9.17) is 10.3 Å². The molecule has 6 nitrogen and oxygen atoms in total. The molecule has 1 saturated carbocycles. The molecule has 1 aliphatic rings. The number of nitrogens with zero attached hydrogens (tertiary/aromatic N) is 2. The number of hydrogen-bond donors (Lipinski definition) is 2. The molecule has 0 unspecified atom stereocenters. The molecule has 1 aliphatic carbocycles. The number of nitrogens with two attached hydrogens (primary N) is 1. The van der Waals surface area contributed by atoms with Crippen LogP contribution >= 0.6 is 12.4 Å². The van der Waals surface area contributed by atoms with Crippen molar-refractivity contribution in [3.63, 3.8) is 0 Å². The predicted octanol–water partition coefficient (Wildman–Crippen LogP) is 4.45. The maximum atomic E-state index is 12.6. The van der Waals surface area contributed by atoms with Gasteiger partial charge in [0.25, 0.3) is 11.8 Å². The first kappa shape index (κ1) is 20.0. The Bertz CT molecular complexity index is 980. The Kier molecular flexibility index (Phi) is 5.82. The number of benzene rings is 2. The minimum atomic E-state index is -0.512. The lowest BCUT2D eigenvalue weighted by molar-refractivity contribution is 0.102. The summed E-state index contributed by atoms with van der Waals surface area (Å²) in [5, 5.41) is 7.06. The summed E-state index contributed by atoms with van der Waals surface area (Å²) < 4.78 is 5.48. The van der Waals surface area contributed by atoms with E-state index in [2.05, 4.69) is 15.5 Å². The molecule has 3 N–H and O–H groups in total. The Morgan fingerprint density at radius 2 is 1.89 bits per heavy atom. The van der Waals surface area contributed by atoms with Gasteiger partial charge in [0, 0.05) is 5.56 Å². The number of carbonyl (C=O) groups excluding carboxylic acids is 1. The van der Waals surface area contributed by atoms with Crippen LogP contribution in [0.15, 0.2) is 53.1 Å². The third-order valence-electron chi connectivity index (χ3n) is 5.05. The van der Waals surface area contributed by atoms with Crippen molar-refractivity contribution in [1.82, 2.24) is 10.1 Å². The summed E-state index contributed by atoms with van der Waals surface area (Å²) >= 11 is 0. The van der Waals surface area contributed by atoms with Crippen molar-refractivity contribution in [1.29, 1.82) is 0 Å². The zero-order valence-corrected chi connectivity index (χ0v) is 16.5. The lowest BCUT2D eigenvalue weighted by atomic mass is 9.98. The van der Waals surface area contributed by atoms with E-state index in [9.17, 15) is 4.79 Å². The molecule has 146 valence electrons. The molecule has 28 heavy (non-hydrogen) atoms. The van der Waals surface area contributed by atoms with Crippen molar-refractivity contribution in [2.75, 3.05) is 5.32 Å². The first-order valence-electron chi connectivity index (χ1n) is 9.16. The van der Waals surface area contributed by atoms with Crippen LogP contribution in [0.3, 0.4) is 0 Å². The zero-order valence-electron chi connectivity index (χ0n) is 15.6. The van der Waals surface area contributed by atoms with E-state index in [0.717, 1.165) is 31.2 Å². The van der Waals surface area contributed by atoms with Gasteiger partial charge in [-0.05, 0) is 44.0 Å². The number of hydrogen-bond acceptors (Lipinski definition) is 5. The van der Waals surface area contributed by atoms with Crippen LogP contribution in [0.25, 0.3) is 11.5 Å². The maximum absolute atomic E-state index is 12.6. The second-order valence-corrected chi connectivity index (χ2v) is 7.16. The summed E-state index contributed by atoms with van der Waals surface area (Å²) in [4.78, 5) is 17.2. The summed E-state index contributed by atoms with van der Waals surface area (Å²) in [7, 11) is 0. The highest BCUT2D eigenvalue weighted by atomic mass is 35.5. The lowest BCUT2D eigenvalue weighted by Crippen LogP contribution is -2.34. The van der Waals surface area contributed by atoms with Crippen LogP contribution in [0.5, 0.6) is 0 Å². The average Bonchev–Trinajstić information content (AvgIpc) is 3.32. The molecule has 0 atom stereocenters. The Morgan fingerprint density at radius 1 is 1.14 bits per heavy atom. The number of halogens is 1. The van der Waals surface area contributed by atoms with Gasteiger partial charge >= 0.3 is 0 Å². The number of amides is 1. The first-order valence-corrected chi connectivity index (χ1v) is 9.16. The van der Waals surface area contributed by atoms with Gasteiger partial charge < -0.3 is 15.6 Å². The molecule has 0 saturated heterocycles. The molecule has 3 aromatic rings. The van der Waals surface area contributed by atoms with Crippen LogP contribution in [0, 0.1) is 6.92 Å². The van der Waals surface area contributed by atoms with Gasteiger partial charge in [-0.25, -0.2) is 0 Å². The van der Waals surface area contributed by atoms with E-state index >= 15 is 0 Å². The fraction of sp³-hybridized carbons (Fsp3) is 0.286. The number of anilines is 1. The highest BCUT2D eigenvalue weighted by Crippen LogP contribution is 2.36. The number of nitrogens with one attached hydrogen (secondary N) is 1. The second kappa shape index (κ2) is 8.12. The number of para-hydroxylation sites is 1.